The van der Waals surface area contributed by atoms with Crippen molar-refractivity contribution < 1.29 is 9.90 Å². The molecule has 68 valence electrons. The minimum Gasteiger partial charge on any atom is -0.481 e. The molecule has 0 fully saturated rings. The predicted molar refractivity (Wildman–Crippen MR) is 48.6 cm³/mol. The van der Waals surface area contributed by atoms with Crippen LogP contribution in [0.2, 0.25) is 0 Å². The van der Waals surface area contributed by atoms with Crippen molar-refractivity contribution in [1.29, 1.82) is 0 Å². The third-order valence-corrected chi connectivity index (χ3v) is 2.22. The highest BCUT2D eigenvalue weighted by Gasteiger charge is 2.18. The summed E-state index contributed by atoms with van der Waals surface area (Å²) in [7, 11) is 0. The molecule has 0 saturated carbocycles. The normalized spacial score (nSPS) is 14.8. The fourth-order valence-electron chi connectivity index (χ4n) is 1.02. The van der Waals surface area contributed by atoms with Gasteiger partial charge < -0.3 is 5.11 Å². The van der Waals surface area contributed by atoms with Crippen molar-refractivity contribution in [2.24, 2.45) is 11.8 Å². The summed E-state index contributed by atoms with van der Waals surface area (Å²) in [5, 5.41) is 8.67. The van der Waals surface area contributed by atoms with Crippen molar-refractivity contribution in [3.63, 3.8) is 0 Å². The molecule has 0 aliphatic carbocycles. The topological polar surface area (TPSA) is 37.3 Å². The first-order chi connectivity index (χ1) is 5.59. The van der Waals surface area contributed by atoms with Gasteiger partial charge in [0, 0.05) is 6.42 Å². The molecule has 0 saturated heterocycles. The Morgan fingerprint density at radius 2 is 2.17 bits per heavy atom. The van der Waals surface area contributed by atoms with Crippen LogP contribution in [0.4, 0.5) is 0 Å². The minimum absolute atomic E-state index is 0.218. The lowest BCUT2D eigenvalue weighted by atomic mass is 9.91. The summed E-state index contributed by atoms with van der Waals surface area (Å²) >= 11 is 0. The fraction of sp³-hybridized carbons (Fsp3) is 0.700. The molecular weight excluding hydrogens is 152 g/mol. The predicted octanol–water partition coefficient (Wildman–Crippen LogP) is 2.15. The van der Waals surface area contributed by atoms with Crippen molar-refractivity contribution in [1.82, 2.24) is 0 Å². The highest BCUT2D eigenvalue weighted by molar-refractivity contribution is 5.69. The van der Waals surface area contributed by atoms with Gasteiger partial charge in [0.1, 0.15) is 0 Å². The summed E-state index contributed by atoms with van der Waals surface area (Å²) in [6.07, 6.45) is 7.66. The van der Waals surface area contributed by atoms with E-state index in [2.05, 4.69) is 5.92 Å². The molecule has 12 heavy (non-hydrogen) atoms. The number of aliphatic carboxylic acids is 1. The largest absolute Gasteiger partial charge is 0.481 e. The second-order valence-corrected chi connectivity index (χ2v) is 3.20. The van der Waals surface area contributed by atoms with Gasteiger partial charge in [-0.05, 0) is 18.8 Å². The van der Waals surface area contributed by atoms with E-state index in [1.807, 2.05) is 6.92 Å². The molecule has 0 aliphatic rings. The Bertz CT molecular complexity index is 179. The Balaban J connectivity index is 3.65. The summed E-state index contributed by atoms with van der Waals surface area (Å²) < 4.78 is 0. The highest BCUT2D eigenvalue weighted by Crippen LogP contribution is 2.17. The number of hydrogen-bond donors (Lipinski definition) is 1. The molecule has 0 heterocycles. The second-order valence-electron chi connectivity index (χ2n) is 3.20. The summed E-state index contributed by atoms with van der Waals surface area (Å²) in [6.45, 7) is 3.69. The van der Waals surface area contributed by atoms with E-state index < -0.39 is 5.97 Å². The van der Waals surface area contributed by atoms with E-state index in [0.29, 0.717) is 0 Å². The Labute approximate surface area is 74.0 Å². The van der Waals surface area contributed by atoms with Crippen molar-refractivity contribution >= 4 is 5.97 Å². The number of carbonyl (C=O) groups is 1. The average Bonchev–Trinajstić information content (AvgIpc) is 2.03. The summed E-state index contributed by atoms with van der Waals surface area (Å²) in [5.41, 5.74) is 0. The van der Waals surface area contributed by atoms with Gasteiger partial charge >= 0.3 is 5.97 Å². The van der Waals surface area contributed by atoms with E-state index in [-0.39, 0.29) is 11.8 Å². The zero-order valence-electron chi connectivity index (χ0n) is 7.71. The Morgan fingerprint density at radius 1 is 1.58 bits per heavy atom. The van der Waals surface area contributed by atoms with E-state index in [1.165, 1.54) is 0 Å². The molecule has 2 atom stereocenters. The number of terminal acetylenes is 1. The van der Waals surface area contributed by atoms with Crippen LogP contribution in [0.25, 0.3) is 0 Å². The lowest BCUT2D eigenvalue weighted by Crippen LogP contribution is -2.17. The molecule has 2 nitrogen and oxygen atoms in total. The maximum absolute atomic E-state index is 10.5. The molecule has 0 aromatic rings. The lowest BCUT2D eigenvalue weighted by Gasteiger charge is -2.14. The molecule has 0 aliphatic heterocycles. The first-order valence-electron chi connectivity index (χ1n) is 4.25. The SMILES string of the molecule is C#CCCCC(C)C(C)C(=O)O. The van der Waals surface area contributed by atoms with Crippen LogP contribution in [0.5, 0.6) is 0 Å². The molecule has 0 aromatic heterocycles. The Morgan fingerprint density at radius 3 is 2.58 bits per heavy atom. The third-order valence-electron chi connectivity index (χ3n) is 2.22. The molecule has 0 radical (unpaired) electrons. The smallest absolute Gasteiger partial charge is 0.306 e. The molecular formula is C10H16O2. The van der Waals surface area contributed by atoms with Gasteiger partial charge in [-0.15, -0.1) is 12.3 Å². The first kappa shape index (κ1) is 11.0. The lowest BCUT2D eigenvalue weighted by molar-refractivity contribution is -0.142. The summed E-state index contributed by atoms with van der Waals surface area (Å²) in [5.74, 6) is 1.78. The van der Waals surface area contributed by atoms with Crippen LogP contribution < -0.4 is 0 Å². The van der Waals surface area contributed by atoms with Crippen molar-refractivity contribution in [3.05, 3.63) is 0 Å². The quantitative estimate of drug-likeness (QED) is 0.504. The number of rotatable bonds is 5. The average molecular weight is 168 g/mol. The van der Waals surface area contributed by atoms with Crippen molar-refractivity contribution in [2.45, 2.75) is 33.1 Å². The van der Waals surface area contributed by atoms with Crippen molar-refractivity contribution in [2.75, 3.05) is 0 Å². The minimum atomic E-state index is -0.719. The number of hydrogen-bond acceptors (Lipinski definition) is 1. The maximum atomic E-state index is 10.5. The van der Waals surface area contributed by atoms with Gasteiger partial charge in [0.2, 0.25) is 0 Å². The zero-order chi connectivity index (χ0) is 9.56. The zero-order valence-corrected chi connectivity index (χ0v) is 7.71. The molecule has 2 heteroatoms. The van der Waals surface area contributed by atoms with E-state index in [4.69, 9.17) is 11.5 Å². The van der Waals surface area contributed by atoms with Crippen LogP contribution in [0.1, 0.15) is 33.1 Å². The molecule has 2 unspecified atom stereocenters. The number of unbranched alkanes of at least 4 members (excludes halogenated alkanes) is 1. The summed E-state index contributed by atoms with van der Waals surface area (Å²) in [4.78, 5) is 10.5. The molecule has 0 amide bonds. The number of carboxylic acid groups (broad SMARTS) is 1. The molecule has 0 spiro atoms. The molecule has 1 N–H and O–H groups in total. The molecule has 0 aromatic carbocycles. The first-order valence-corrected chi connectivity index (χ1v) is 4.25. The molecule has 0 rings (SSSR count). The van der Waals surface area contributed by atoms with E-state index >= 15 is 0 Å². The Hall–Kier alpha value is -0.970. The van der Waals surface area contributed by atoms with Gasteiger partial charge in [0.25, 0.3) is 0 Å². The van der Waals surface area contributed by atoms with E-state index in [9.17, 15) is 4.79 Å². The summed E-state index contributed by atoms with van der Waals surface area (Å²) in [6, 6.07) is 0. The Kier molecular flexibility index (Phi) is 5.19. The van der Waals surface area contributed by atoms with Crippen LogP contribution in [0, 0.1) is 24.2 Å². The fourth-order valence-corrected chi connectivity index (χ4v) is 1.02. The van der Waals surface area contributed by atoms with Gasteiger partial charge in [-0.25, -0.2) is 0 Å². The maximum Gasteiger partial charge on any atom is 0.306 e. The van der Waals surface area contributed by atoms with Crippen LogP contribution in [-0.2, 0) is 4.79 Å². The number of carboxylic acids is 1. The van der Waals surface area contributed by atoms with Gasteiger partial charge in [-0.1, -0.05) is 13.8 Å². The third kappa shape index (κ3) is 4.02. The van der Waals surface area contributed by atoms with Gasteiger partial charge in [-0.2, -0.15) is 0 Å². The van der Waals surface area contributed by atoms with E-state index in [0.717, 1.165) is 19.3 Å². The van der Waals surface area contributed by atoms with Crippen LogP contribution in [0.15, 0.2) is 0 Å². The van der Waals surface area contributed by atoms with Gasteiger partial charge in [0.05, 0.1) is 5.92 Å². The van der Waals surface area contributed by atoms with Crippen molar-refractivity contribution in [3.8, 4) is 12.3 Å². The van der Waals surface area contributed by atoms with Gasteiger partial charge in [-0.3, -0.25) is 4.79 Å². The standard InChI is InChI=1S/C10H16O2/c1-4-5-6-7-8(2)9(3)10(11)12/h1,8-9H,5-7H2,2-3H3,(H,11,12). The van der Waals surface area contributed by atoms with E-state index in [1.54, 1.807) is 6.92 Å². The van der Waals surface area contributed by atoms with Gasteiger partial charge in [0.15, 0.2) is 0 Å². The van der Waals surface area contributed by atoms with Crippen LogP contribution in [0.3, 0.4) is 0 Å². The highest BCUT2D eigenvalue weighted by atomic mass is 16.4. The second kappa shape index (κ2) is 5.65. The van der Waals surface area contributed by atoms with Crippen LogP contribution >= 0.6 is 0 Å². The van der Waals surface area contributed by atoms with Crippen LogP contribution in [-0.4, -0.2) is 11.1 Å². The molecule has 0 bridgehead atoms. The monoisotopic (exact) mass is 168 g/mol.